The van der Waals surface area contributed by atoms with Crippen LogP contribution in [0.4, 0.5) is 0 Å². The molecule has 0 saturated carbocycles. The average Bonchev–Trinajstić information content (AvgIpc) is 3.03. The Morgan fingerprint density at radius 3 is 2.68 bits per heavy atom. The molecular weight excluding hydrogens is 371 g/mol. The van der Waals surface area contributed by atoms with Crippen LogP contribution in [0.3, 0.4) is 0 Å². The molecule has 1 N–H and O–H groups in total. The molecule has 0 fully saturated rings. The second-order valence-corrected chi connectivity index (χ2v) is 5.93. The van der Waals surface area contributed by atoms with E-state index in [9.17, 15) is 0 Å². The molecule has 25 heavy (non-hydrogen) atoms. The van der Waals surface area contributed by atoms with Crippen molar-refractivity contribution < 1.29 is 15.0 Å². The molecule has 10 heteroatoms. The molecule has 0 spiro atoms. The summed E-state index contributed by atoms with van der Waals surface area (Å²) in [4.78, 5) is 12.3. The van der Waals surface area contributed by atoms with Gasteiger partial charge in [0.15, 0.2) is 0 Å². The van der Waals surface area contributed by atoms with Crippen molar-refractivity contribution in [2.45, 2.75) is 38.8 Å². The summed E-state index contributed by atoms with van der Waals surface area (Å²) < 4.78 is 7.75. The Morgan fingerprint density at radius 1 is 1.40 bits per heavy atom. The molecule has 1 heterocycles. The van der Waals surface area contributed by atoms with E-state index in [0.29, 0.717) is 23.2 Å². The third kappa shape index (κ3) is 8.67. The predicted octanol–water partition coefficient (Wildman–Crippen LogP) is 4.19. The zero-order valence-electron chi connectivity index (χ0n) is 13.7. The number of halogens is 2. The number of aromatic nitrogens is 3. The Labute approximate surface area is 155 Å². The Bertz CT molecular complexity index is 636. The standard InChI is InChI=1S/C15H19Cl2N3O.HNO3/c1-2-3-4-7-21-15(9-20-11-18-10-19-20)13-6-5-12(16)8-14(13)17;2-1(3)4/h5-6,8,10-11,15H,2-4,7,9H2,1H3;(H,2,3,4). The van der Waals surface area contributed by atoms with Crippen molar-refractivity contribution in [2.75, 3.05) is 6.61 Å². The Morgan fingerprint density at radius 2 is 2.12 bits per heavy atom. The van der Waals surface area contributed by atoms with Crippen molar-refractivity contribution in [2.24, 2.45) is 0 Å². The van der Waals surface area contributed by atoms with Gasteiger partial charge in [0.1, 0.15) is 18.8 Å². The molecule has 2 aromatic rings. The van der Waals surface area contributed by atoms with Crippen LogP contribution in [0.25, 0.3) is 0 Å². The van der Waals surface area contributed by atoms with Crippen LogP contribution in [-0.4, -0.2) is 31.7 Å². The molecule has 0 aliphatic carbocycles. The van der Waals surface area contributed by atoms with Crippen LogP contribution in [0.15, 0.2) is 30.9 Å². The Balaban J connectivity index is 0.000000705. The summed E-state index contributed by atoms with van der Waals surface area (Å²) in [6, 6.07) is 5.47. The highest BCUT2D eigenvalue weighted by Gasteiger charge is 2.17. The molecule has 0 saturated heterocycles. The topological polar surface area (TPSA) is 103 Å². The first-order valence-corrected chi connectivity index (χ1v) is 8.41. The molecule has 1 atom stereocenters. The number of ether oxygens (including phenoxy) is 1. The van der Waals surface area contributed by atoms with Gasteiger partial charge in [-0.1, -0.05) is 49.0 Å². The van der Waals surface area contributed by atoms with E-state index in [-0.39, 0.29) is 6.10 Å². The van der Waals surface area contributed by atoms with E-state index in [0.717, 1.165) is 18.4 Å². The maximum Gasteiger partial charge on any atom is 0.291 e. The lowest BCUT2D eigenvalue weighted by Crippen LogP contribution is -2.14. The number of benzene rings is 1. The fraction of sp³-hybridized carbons (Fsp3) is 0.467. The van der Waals surface area contributed by atoms with Gasteiger partial charge in [0.25, 0.3) is 5.09 Å². The van der Waals surface area contributed by atoms with Gasteiger partial charge in [-0.05, 0) is 18.6 Å². The SMILES string of the molecule is CCCCCOC(Cn1cncn1)c1ccc(Cl)cc1Cl.O=[N+]([O-])O. The molecule has 0 bridgehead atoms. The molecule has 138 valence electrons. The second-order valence-electron chi connectivity index (χ2n) is 5.09. The van der Waals surface area contributed by atoms with Crippen molar-refractivity contribution in [3.63, 3.8) is 0 Å². The number of hydrogen-bond acceptors (Lipinski definition) is 5. The zero-order chi connectivity index (χ0) is 18.7. The first-order chi connectivity index (χ1) is 11.9. The largest absolute Gasteiger partial charge is 0.372 e. The lowest BCUT2D eigenvalue weighted by molar-refractivity contribution is -0.742. The summed E-state index contributed by atoms with van der Waals surface area (Å²) in [5.74, 6) is 0. The maximum absolute atomic E-state index is 8.36. The van der Waals surface area contributed by atoms with Gasteiger partial charge in [-0.15, -0.1) is 10.1 Å². The van der Waals surface area contributed by atoms with Crippen molar-refractivity contribution in [1.29, 1.82) is 0 Å². The van der Waals surface area contributed by atoms with E-state index in [2.05, 4.69) is 17.0 Å². The van der Waals surface area contributed by atoms with Crippen molar-refractivity contribution >= 4 is 23.2 Å². The van der Waals surface area contributed by atoms with Gasteiger partial charge >= 0.3 is 0 Å². The van der Waals surface area contributed by atoms with Gasteiger partial charge < -0.3 is 9.94 Å². The number of rotatable bonds is 8. The van der Waals surface area contributed by atoms with Crippen molar-refractivity contribution in [1.82, 2.24) is 14.8 Å². The average molecular weight is 391 g/mol. The summed E-state index contributed by atoms with van der Waals surface area (Å²) in [6.07, 6.45) is 6.39. The first-order valence-electron chi connectivity index (χ1n) is 7.66. The number of hydrogen-bond donors (Lipinski definition) is 1. The minimum absolute atomic E-state index is 0.159. The van der Waals surface area contributed by atoms with E-state index >= 15 is 0 Å². The van der Waals surface area contributed by atoms with E-state index in [1.165, 1.54) is 12.7 Å². The summed E-state index contributed by atoms with van der Waals surface area (Å²) in [5.41, 5.74) is 0.924. The summed E-state index contributed by atoms with van der Waals surface area (Å²) in [6.45, 7) is 3.45. The molecule has 1 aromatic heterocycles. The lowest BCUT2D eigenvalue weighted by atomic mass is 10.1. The van der Waals surface area contributed by atoms with Crippen LogP contribution in [-0.2, 0) is 11.3 Å². The predicted molar refractivity (Wildman–Crippen MR) is 93.5 cm³/mol. The second kappa shape index (κ2) is 11.6. The van der Waals surface area contributed by atoms with Crippen molar-refractivity contribution in [3.05, 3.63) is 56.6 Å². The van der Waals surface area contributed by atoms with E-state index in [1.54, 1.807) is 17.1 Å². The van der Waals surface area contributed by atoms with Crippen LogP contribution in [0.1, 0.15) is 37.9 Å². The molecule has 0 radical (unpaired) electrons. The Kier molecular flexibility index (Phi) is 9.83. The van der Waals surface area contributed by atoms with E-state index in [1.807, 2.05) is 12.1 Å². The smallest absolute Gasteiger partial charge is 0.291 e. The maximum atomic E-state index is 8.36. The van der Waals surface area contributed by atoms with E-state index < -0.39 is 5.09 Å². The van der Waals surface area contributed by atoms with Gasteiger partial charge in [-0.2, -0.15) is 5.10 Å². The zero-order valence-corrected chi connectivity index (χ0v) is 15.2. The summed E-state index contributed by atoms with van der Waals surface area (Å²) in [7, 11) is 0. The highest BCUT2D eigenvalue weighted by molar-refractivity contribution is 6.35. The molecule has 1 unspecified atom stereocenters. The Hall–Kier alpha value is -1.90. The van der Waals surface area contributed by atoms with Crippen LogP contribution >= 0.6 is 23.2 Å². The molecule has 1 aromatic carbocycles. The lowest BCUT2D eigenvalue weighted by Gasteiger charge is -2.19. The molecule has 0 amide bonds. The van der Waals surface area contributed by atoms with Crippen LogP contribution in [0, 0.1) is 10.1 Å². The number of nitrogens with zero attached hydrogens (tertiary/aromatic N) is 4. The van der Waals surface area contributed by atoms with Gasteiger partial charge in [0.2, 0.25) is 0 Å². The molecule has 0 aliphatic heterocycles. The monoisotopic (exact) mass is 390 g/mol. The van der Waals surface area contributed by atoms with Crippen LogP contribution < -0.4 is 0 Å². The summed E-state index contributed by atoms with van der Waals surface area (Å²) in [5, 5.41) is 19.0. The minimum atomic E-state index is -1.50. The van der Waals surface area contributed by atoms with Gasteiger partial charge in [-0.3, -0.25) is 4.68 Å². The normalized spacial score (nSPS) is 11.5. The fourth-order valence-corrected chi connectivity index (χ4v) is 2.61. The molecule has 0 aliphatic rings. The van der Waals surface area contributed by atoms with Gasteiger partial charge in [-0.25, -0.2) is 4.98 Å². The molecule has 2 rings (SSSR count). The van der Waals surface area contributed by atoms with Crippen LogP contribution in [0.2, 0.25) is 10.0 Å². The molecular formula is C15H20Cl2N4O4. The third-order valence-electron chi connectivity index (χ3n) is 3.20. The van der Waals surface area contributed by atoms with Gasteiger partial charge in [0, 0.05) is 22.2 Å². The van der Waals surface area contributed by atoms with E-state index in [4.69, 9.17) is 43.3 Å². The third-order valence-corrected chi connectivity index (χ3v) is 3.76. The quantitative estimate of drug-likeness (QED) is 0.411. The van der Waals surface area contributed by atoms with Gasteiger partial charge in [0.05, 0.1) is 6.54 Å². The van der Waals surface area contributed by atoms with Crippen molar-refractivity contribution in [3.8, 4) is 0 Å². The summed E-state index contributed by atoms with van der Waals surface area (Å²) >= 11 is 12.3. The highest BCUT2D eigenvalue weighted by atomic mass is 35.5. The highest BCUT2D eigenvalue weighted by Crippen LogP contribution is 2.29. The first kappa shape index (κ1) is 21.1. The fourth-order valence-electron chi connectivity index (χ4n) is 2.08. The number of unbranched alkanes of at least 4 members (excludes halogenated alkanes) is 2. The minimum Gasteiger partial charge on any atom is -0.372 e. The van der Waals surface area contributed by atoms with Crippen LogP contribution in [0.5, 0.6) is 0 Å². The molecule has 8 nitrogen and oxygen atoms in total.